The summed E-state index contributed by atoms with van der Waals surface area (Å²) in [6, 6.07) is 9.87. The van der Waals surface area contributed by atoms with E-state index in [2.05, 4.69) is 15.0 Å². The topological polar surface area (TPSA) is 70.3 Å². The zero-order valence-corrected chi connectivity index (χ0v) is 18.2. The van der Waals surface area contributed by atoms with Gasteiger partial charge in [-0.05, 0) is 29.8 Å². The van der Waals surface area contributed by atoms with E-state index in [1.165, 1.54) is 12.3 Å². The van der Waals surface area contributed by atoms with E-state index in [4.69, 9.17) is 4.42 Å². The fourth-order valence-corrected chi connectivity index (χ4v) is 3.02. The molecule has 1 saturated heterocycles. The molecule has 0 bridgehead atoms. The number of aliphatic imine (C=N–C) groups is 1. The van der Waals surface area contributed by atoms with Crippen LogP contribution in [0, 0.1) is 0 Å². The predicted octanol–water partition coefficient (Wildman–Crippen LogP) is 3.03. The maximum atomic E-state index is 12.3. The van der Waals surface area contributed by atoms with Gasteiger partial charge in [-0.3, -0.25) is 9.79 Å². The van der Waals surface area contributed by atoms with Crippen LogP contribution >= 0.6 is 24.0 Å². The first-order valence-electron chi connectivity index (χ1n) is 8.89. The third-order valence-corrected chi connectivity index (χ3v) is 4.38. The van der Waals surface area contributed by atoms with Crippen LogP contribution in [0.1, 0.15) is 16.1 Å². The zero-order chi connectivity index (χ0) is 19.9. The maximum Gasteiger partial charge on any atom is 0.387 e. The molecule has 0 radical (unpaired) electrons. The Morgan fingerprint density at radius 3 is 2.55 bits per heavy atom. The minimum atomic E-state index is -2.85. The molecule has 10 heteroatoms. The molecule has 1 aliphatic rings. The molecule has 158 valence electrons. The van der Waals surface area contributed by atoms with Gasteiger partial charge in [0.2, 0.25) is 0 Å². The average Bonchev–Trinajstić information content (AvgIpc) is 3.23. The Kier molecular flexibility index (Phi) is 8.68. The standard InChI is InChI=1S/C19H22F2N4O3.HI/c1-22-19(23-13-14-4-2-5-15(12-14)28-18(20)21)25-9-7-24(8-10-25)17(26)16-6-3-11-27-16;/h2-6,11-12,18H,7-10,13H2,1H3,(H,22,23);1H. The van der Waals surface area contributed by atoms with Crippen molar-refractivity contribution in [3.63, 3.8) is 0 Å². The van der Waals surface area contributed by atoms with Gasteiger partial charge in [-0.15, -0.1) is 24.0 Å². The van der Waals surface area contributed by atoms with E-state index in [-0.39, 0.29) is 35.6 Å². The van der Waals surface area contributed by atoms with Crippen LogP contribution < -0.4 is 10.1 Å². The average molecular weight is 520 g/mol. The lowest BCUT2D eigenvalue weighted by Crippen LogP contribution is -2.53. The highest BCUT2D eigenvalue weighted by Gasteiger charge is 2.25. The first-order valence-corrected chi connectivity index (χ1v) is 8.89. The lowest BCUT2D eigenvalue weighted by molar-refractivity contribution is -0.0498. The molecule has 29 heavy (non-hydrogen) atoms. The highest BCUT2D eigenvalue weighted by Crippen LogP contribution is 2.16. The lowest BCUT2D eigenvalue weighted by Gasteiger charge is -2.36. The third kappa shape index (κ3) is 6.31. The van der Waals surface area contributed by atoms with Crippen molar-refractivity contribution in [1.29, 1.82) is 0 Å². The van der Waals surface area contributed by atoms with E-state index >= 15 is 0 Å². The van der Waals surface area contributed by atoms with Crippen LogP contribution in [-0.2, 0) is 6.54 Å². The second-order valence-corrected chi connectivity index (χ2v) is 6.18. The summed E-state index contributed by atoms with van der Waals surface area (Å²) in [5.41, 5.74) is 0.797. The Labute approximate surface area is 184 Å². The SMILES string of the molecule is CN=C(NCc1cccc(OC(F)F)c1)N1CCN(C(=O)c2ccco2)CC1.I. The molecule has 0 atom stereocenters. The van der Waals surface area contributed by atoms with E-state index in [1.807, 2.05) is 11.0 Å². The molecule has 1 fully saturated rings. The highest BCUT2D eigenvalue weighted by molar-refractivity contribution is 14.0. The summed E-state index contributed by atoms with van der Waals surface area (Å²) in [5, 5.41) is 3.22. The van der Waals surface area contributed by atoms with Gasteiger partial charge in [0.05, 0.1) is 6.26 Å². The fraction of sp³-hybridized carbons (Fsp3) is 0.368. The number of halogens is 3. The molecular weight excluding hydrogens is 497 g/mol. The number of piperazine rings is 1. The number of rotatable bonds is 5. The third-order valence-electron chi connectivity index (χ3n) is 4.38. The minimum Gasteiger partial charge on any atom is -0.459 e. The number of alkyl halides is 2. The summed E-state index contributed by atoms with van der Waals surface area (Å²) < 4.78 is 34.3. The molecule has 2 heterocycles. The number of guanidine groups is 1. The summed E-state index contributed by atoms with van der Waals surface area (Å²) in [4.78, 5) is 20.4. The molecule has 0 saturated carbocycles. The summed E-state index contributed by atoms with van der Waals surface area (Å²) in [7, 11) is 1.68. The molecule has 1 aromatic heterocycles. The molecule has 1 aliphatic heterocycles. The first-order chi connectivity index (χ1) is 13.6. The fourth-order valence-electron chi connectivity index (χ4n) is 3.02. The van der Waals surface area contributed by atoms with Gasteiger partial charge in [0.25, 0.3) is 5.91 Å². The van der Waals surface area contributed by atoms with Gasteiger partial charge in [0, 0.05) is 39.8 Å². The van der Waals surface area contributed by atoms with Crippen molar-refractivity contribution < 1.29 is 22.7 Å². The number of hydrogen-bond donors (Lipinski definition) is 1. The van der Waals surface area contributed by atoms with Crippen molar-refractivity contribution >= 4 is 35.8 Å². The summed E-state index contributed by atoms with van der Waals surface area (Å²) in [6.45, 7) is -0.0771. The Bertz CT molecular complexity index is 810. The van der Waals surface area contributed by atoms with Gasteiger partial charge in [-0.25, -0.2) is 0 Å². The molecule has 0 unspecified atom stereocenters. The zero-order valence-electron chi connectivity index (χ0n) is 15.9. The summed E-state index contributed by atoms with van der Waals surface area (Å²) in [6.07, 6.45) is 1.48. The van der Waals surface area contributed by atoms with Gasteiger partial charge < -0.3 is 24.3 Å². The molecule has 1 aromatic carbocycles. The first kappa shape index (κ1) is 22.9. The normalized spacial score (nSPS) is 14.6. The Morgan fingerprint density at radius 2 is 1.93 bits per heavy atom. The predicted molar refractivity (Wildman–Crippen MR) is 115 cm³/mol. The van der Waals surface area contributed by atoms with Crippen LogP contribution in [-0.4, -0.2) is 61.5 Å². The Balaban J connectivity index is 0.00000300. The van der Waals surface area contributed by atoms with Crippen LogP contribution in [0.3, 0.4) is 0 Å². The van der Waals surface area contributed by atoms with E-state index < -0.39 is 6.61 Å². The van der Waals surface area contributed by atoms with Gasteiger partial charge in [0.1, 0.15) is 5.75 Å². The van der Waals surface area contributed by atoms with E-state index in [1.54, 1.807) is 36.2 Å². The number of nitrogens with one attached hydrogen (secondary N) is 1. The smallest absolute Gasteiger partial charge is 0.387 e. The van der Waals surface area contributed by atoms with Gasteiger partial charge in [0.15, 0.2) is 11.7 Å². The number of hydrogen-bond acceptors (Lipinski definition) is 4. The van der Waals surface area contributed by atoms with Crippen molar-refractivity contribution in [2.24, 2.45) is 4.99 Å². The number of furan rings is 1. The van der Waals surface area contributed by atoms with Crippen LogP contribution in [0.4, 0.5) is 8.78 Å². The van der Waals surface area contributed by atoms with Crippen molar-refractivity contribution in [3.05, 3.63) is 54.0 Å². The van der Waals surface area contributed by atoms with Crippen molar-refractivity contribution in [1.82, 2.24) is 15.1 Å². The number of ether oxygens (including phenoxy) is 1. The Hall–Kier alpha value is -2.37. The molecule has 1 amide bonds. The van der Waals surface area contributed by atoms with Crippen molar-refractivity contribution in [2.75, 3.05) is 33.2 Å². The molecular formula is C19H23F2IN4O3. The highest BCUT2D eigenvalue weighted by atomic mass is 127. The minimum absolute atomic E-state index is 0. The molecule has 0 aliphatic carbocycles. The molecule has 2 aromatic rings. The van der Waals surface area contributed by atoms with Crippen LogP contribution in [0.15, 0.2) is 52.1 Å². The monoisotopic (exact) mass is 520 g/mol. The van der Waals surface area contributed by atoms with Gasteiger partial charge >= 0.3 is 6.61 Å². The van der Waals surface area contributed by atoms with E-state index in [9.17, 15) is 13.6 Å². The maximum absolute atomic E-state index is 12.3. The number of carbonyl (C=O) groups excluding carboxylic acids is 1. The molecule has 7 nitrogen and oxygen atoms in total. The molecule has 1 N–H and O–H groups in total. The van der Waals surface area contributed by atoms with Gasteiger partial charge in [-0.1, -0.05) is 12.1 Å². The van der Waals surface area contributed by atoms with Crippen molar-refractivity contribution in [3.8, 4) is 5.75 Å². The number of carbonyl (C=O) groups is 1. The lowest BCUT2D eigenvalue weighted by atomic mass is 10.2. The summed E-state index contributed by atoms with van der Waals surface area (Å²) >= 11 is 0. The van der Waals surface area contributed by atoms with Crippen LogP contribution in [0.2, 0.25) is 0 Å². The van der Waals surface area contributed by atoms with E-state index in [0.717, 1.165) is 5.56 Å². The van der Waals surface area contributed by atoms with Gasteiger partial charge in [-0.2, -0.15) is 8.78 Å². The van der Waals surface area contributed by atoms with Crippen molar-refractivity contribution in [2.45, 2.75) is 13.2 Å². The van der Waals surface area contributed by atoms with Crippen LogP contribution in [0.25, 0.3) is 0 Å². The molecule has 3 rings (SSSR count). The molecule has 0 spiro atoms. The number of nitrogens with zero attached hydrogens (tertiary/aromatic N) is 3. The second-order valence-electron chi connectivity index (χ2n) is 6.18. The Morgan fingerprint density at radius 1 is 1.21 bits per heavy atom. The quantitative estimate of drug-likeness (QED) is 0.373. The van der Waals surface area contributed by atoms with E-state index in [0.29, 0.717) is 44.4 Å². The van der Waals surface area contributed by atoms with Crippen LogP contribution in [0.5, 0.6) is 5.75 Å². The largest absolute Gasteiger partial charge is 0.459 e. The number of amides is 1. The summed E-state index contributed by atoms with van der Waals surface area (Å²) in [5.74, 6) is 1.02. The second kappa shape index (κ2) is 11.0. The number of benzene rings is 1.